The van der Waals surface area contributed by atoms with E-state index in [1.54, 1.807) is 0 Å². The second-order valence-corrected chi connectivity index (χ2v) is 7.63. The second-order valence-electron chi connectivity index (χ2n) is 7.63. The number of nitrogens with one attached hydrogen (secondary N) is 1. The zero-order valence-electron chi connectivity index (χ0n) is 16.1. The number of aliphatic imine (C=N–C) groups is 1. The maximum atomic E-state index is 5.94. The van der Waals surface area contributed by atoms with Crippen LogP contribution in [0.5, 0.6) is 0 Å². The van der Waals surface area contributed by atoms with E-state index in [1.165, 1.54) is 29.5 Å². The van der Waals surface area contributed by atoms with Gasteiger partial charge in [0.25, 0.3) is 0 Å². The van der Waals surface area contributed by atoms with Gasteiger partial charge in [-0.2, -0.15) is 0 Å². The minimum atomic E-state index is 0.580. The van der Waals surface area contributed by atoms with E-state index in [1.807, 2.05) is 13.1 Å². The van der Waals surface area contributed by atoms with E-state index in [0.29, 0.717) is 18.4 Å². The standard InChI is InChI=1S/C23H29N3O/c1-24-23(25-14-21-13-20-9-5-6-10-22(20)21)26-12-11-19(15-26)17-27-16-18-7-3-2-4-8-18/h2-10,19,21H,11-17H2,1H3,(H,24,25). The van der Waals surface area contributed by atoms with Gasteiger partial charge in [-0.3, -0.25) is 4.99 Å². The molecule has 1 saturated heterocycles. The van der Waals surface area contributed by atoms with E-state index in [9.17, 15) is 0 Å². The van der Waals surface area contributed by atoms with Gasteiger partial charge in [0, 0.05) is 38.5 Å². The second kappa shape index (κ2) is 8.57. The molecule has 0 aromatic heterocycles. The summed E-state index contributed by atoms with van der Waals surface area (Å²) in [5.41, 5.74) is 4.23. The number of hydrogen-bond donors (Lipinski definition) is 1. The van der Waals surface area contributed by atoms with Gasteiger partial charge in [-0.25, -0.2) is 0 Å². The molecule has 2 aliphatic rings. The molecular weight excluding hydrogens is 334 g/mol. The van der Waals surface area contributed by atoms with E-state index >= 15 is 0 Å². The third-order valence-corrected chi connectivity index (χ3v) is 5.73. The molecule has 4 rings (SSSR count). The third kappa shape index (κ3) is 4.33. The maximum Gasteiger partial charge on any atom is 0.193 e. The van der Waals surface area contributed by atoms with Crippen LogP contribution in [0, 0.1) is 5.92 Å². The van der Waals surface area contributed by atoms with E-state index in [-0.39, 0.29) is 0 Å². The first kappa shape index (κ1) is 18.1. The topological polar surface area (TPSA) is 36.9 Å². The fraction of sp³-hybridized carbons (Fsp3) is 0.435. The summed E-state index contributed by atoms with van der Waals surface area (Å²) in [5.74, 6) is 2.23. The summed E-state index contributed by atoms with van der Waals surface area (Å²) >= 11 is 0. The summed E-state index contributed by atoms with van der Waals surface area (Å²) < 4.78 is 5.94. The summed E-state index contributed by atoms with van der Waals surface area (Å²) in [4.78, 5) is 6.89. The first-order valence-corrected chi connectivity index (χ1v) is 9.98. The molecule has 4 nitrogen and oxygen atoms in total. The summed E-state index contributed by atoms with van der Waals surface area (Å²) in [5, 5.41) is 3.59. The first-order valence-electron chi connectivity index (χ1n) is 9.98. The molecule has 142 valence electrons. The molecule has 0 amide bonds. The maximum absolute atomic E-state index is 5.94. The zero-order valence-corrected chi connectivity index (χ0v) is 16.1. The Morgan fingerprint density at radius 2 is 1.96 bits per heavy atom. The minimum absolute atomic E-state index is 0.580. The average molecular weight is 364 g/mol. The van der Waals surface area contributed by atoms with Gasteiger partial charge in [0.2, 0.25) is 0 Å². The molecule has 2 aromatic rings. The highest BCUT2D eigenvalue weighted by Gasteiger charge is 2.28. The summed E-state index contributed by atoms with van der Waals surface area (Å²) in [6.45, 7) is 4.56. The smallest absolute Gasteiger partial charge is 0.193 e. The Balaban J connectivity index is 1.20. The van der Waals surface area contributed by atoms with Crippen molar-refractivity contribution in [1.29, 1.82) is 0 Å². The average Bonchev–Trinajstić information content (AvgIpc) is 3.15. The fourth-order valence-corrected chi connectivity index (χ4v) is 4.17. The normalized spacial score (nSPS) is 21.7. The van der Waals surface area contributed by atoms with E-state index in [2.05, 4.69) is 63.7 Å². The van der Waals surface area contributed by atoms with E-state index in [4.69, 9.17) is 4.74 Å². The Bertz CT molecular complexity index is 774. The van der Waals surface area contributed by atoms with Gasteiger partial charge < -0.3 is 15.0 Å². The molecule has 0 radical (unpaired) electrons. The van der Waals surface area contributed by atoms with Crippen LogP contribution in [-0.4, -0.2) is 44.1 Å². The number of nitrogens with zero attached hydrogens (tertiary/aromatic N) is 2. The van der Waals surface area contributed by atoms with Crippen molar-refractivity contribution in [1.82, 2.24) is 10.2 Å². The molecule has 1 aliphatic heterocycles. The Hall–Kier alpha value is -2.33. The quantitative estimate of drug-likeness (QED) is 0.631. The highest BCUT2D eigenvalue weighted by atomic mass is 16.5. The van der Waals surface area contributed by atoms with Crippen molar-refractivity contribution in [3.8, 4) is 0 Å². The number of ether oxygens (including phenoxy) is 1. The van der Waals surface area contributed by atoms with Gasteiger partial charge in [0.05, 0.1) is 13.2 Å². The van der Waals surface area contributed by atoms with E-state index in [0.717, 1.165) is 32.2 Å². The van der Waals surface area contributed by atoms with E-state index < -0.39 is 0 Å². The van der Waals surface area contributed by atoms with Gasteiger partial charge in [0.1, 0.15) is 0 Å². The van der Waals surface area contributed by atoms with Gasteiger partial charge in [-0.15, -0.1) is 0 Å². The van der Waals surface area contributed by atoms with Crippen LogP contribution in [0.2, 0.25) is 0 Å². The third-order valence-electron chi connectivity index (χ3n) is 5.73. The largest absolute Gasteiger partial charge is 0.376 e. The van der Waals surface area contributed by atoms with Crippen molar-refractivity contribution < 1.29 is 4.74 Å². The molecule has 2 unspecified atom stereocenters. The molecule has 2 atom stereocenters. The molecule has 1 aliphatic carbocycles. The lowest BCUT2D eigenvalue weighted by Gasteiger charge is -2.32. The predicted molar refractivity (Wildman–Crippen MR) is 110 cm³/mol. The lowest BCUT2D eigenvalue weighted by Crippen LogP contribution is -2.43. The zero-order chi connectivity index (χ0) is 18.5. The Morgan fingerprint density at radius 3 is 2.78 bits per heavy atom. The molecule has 1 N–H and O–H groups in total. The van der Waals surface area contributed by atoms with Crippen LogP contribution in [0.1, 0.15) is 29.0 Å². The van der Waals surface area contributed by atoms with Gasteiger partial charge >= 0.3 is 0 Å². The molecule has 27 heavy (non-hydrogen) atoms. The molecule has 0 spiro atoms. The van der Waals surface area contributed by atoms with Crippen molar-refractivity contribution in [2.45, 2.75) is 25.4 Å². The summed E-state index contributed by atoms with van der Waals surface area (Å²) in [6.07, 6.45) is 2.35. The van der Waals surface area contributed by atoms with Crippen LogP contribution in [0.3, 0.4) is 0 Å². The molecule has 1 heterocycles. The van der Waals surface area contributed by atoms with Crippen molar-refractivity contribution in [3.63, 3.8) is 0 Å². The van der Waals surface area contributed by atoms with Crippen LogP contribution < -0.4 is 5.32 Å². The Kier molecular flexibility index (Phi) is 5.73. The van der Waals surface area contributed by atoms with Crippen molar-refractivity contribution in [3.05, 3.63) is 71.3 Å². The fourth-order valence-electron chi connectivity index (χ4n) is 4.17. The number of benzene rings is 2. The molecule has 4 heteroatoms. The molecular formula is C23H29N3O. The van der Waals surface area contributed by atoms with Crippen molar-refractivity contribution in [2.24, 2.45) is 10.9 Å². The lowest BCUT2D eigenvalue weighted by molar-refractivity contribution is 0.0906. The lowest BCUT2D eigenvalue weighted by atomic mass is 9.78. The number of guanidine groups is 1. The highest BCUT2D eigenvalue weighted by Crippen LogP contribution is 2.34. The number of likely N-dealkylation sites (tertiary alicyclic amines) is 1. The Morgan fingerprint density at radius 1 is 1.15 bits per heavy atom. The van der Waals surface area contributed by atoms with Crippen LogP contribution in [-0.2, 0) is 17.8 Å². The van der Waals surface area contributed by atoms with Crippen LogP contribution >= 0.6 is 0 Å². The van der Waals surface area contributed by atoms with Crippen molar-refractivity contribution in [2.75, 3.05) is 33.3 Å². The molecule has 0 bridgehead atoms. The van der Waals surface area contributed by atoms with Gasteiger partial charge in [-0.1, -0.05) is 54.6 Å². The van der Waals surface area contributed by atoms with Gasteiger partial charge in [-0.05, 0) is 29.5 Å². The SMILES string of the molecule is CN=C(NCC1Cc2ccccc21)N1CCC(COCc2ccccc2)C1. The van der Waals surface area contributed by atoms with Gasteiger partial charge in [0.15, 0.2) is 5.96 Å². The molecule has 1 fully saturated rings. The summed E-state index contributed by atoms with van der Waals surface area (Å²) in [7, 11) is 1.89. The van der Waals surface area contributed by atoms with Crippen molar-refractivity contribution >= 4 is 5.96 Å². The monoisotopic (exact) mass is 363 g/mol. The number of rotatable bonds is 6. The first-order chi connectivity index (χ1) is 13.3. The predicted octanol–water partition coefficient (Wildman–Crippen LogP) is 3.44. The molecule has 2 aromatic carbocycles. The highest BCUT2D eigenvalue weighted by molar-refractivity contribution is 5.80. The summed E-state index contributed by atoms with van der Waals surface area (Å²) in [6, 6.07) is 19.2. The minimum Gasteiger partial charge on any atom is -0.376 e. The Labute approximate surface area is 162 Å². The number of hydrogen-bond acceptors (Lipinski definition) is 2. The van der Waals surface area contributed by atoms with Crippen LogP contribution in [0.25, 0.3) is 0 Å². The van der Waals surface area contributed by atoms with Crippen LogP contribution in [0.4, 0.5) is 0 Å². The van der Waals surface area contributed by atoms with Crippen LogP contribution in [0.15, 0.2) is 59.6 Å². The number of fused-ring (bicyclic) bond motifs is 1. The molecule has 0 saturated carbocycles.